The normalized spacial score (nSPS) is 13.5. The molecule has 0 bridgehead atoms. The van der Waals surface area contributed by atoms with Gasteiger partial charge in [-0.15, -0.1) is 0 Å². The van der Waals surface area contributed by atoms with E-state index in [1.54, 1.807) is 18.2 Å². The van der Waals surface area contributed by atoms with E-state index in [0.29, 0.717) is 22.7 Å². The van der Waals surface area contributed by atoms with Crippen molar-refractivity contribution in [1.82, 2.24) is 5.32 Å². The largest absolute Gasteiger partial charge is 0.352 e. The van der Waals surface area contributed by atoms with Gasteiger partial charge in [-0.2, -0.15) is 0 Å². The summed E-state index contributed by atoms with van der Waals surface area (Å²) in [5.74, 6) is -0.145. The molecule has 21 heavy (non-hydrogen) atoms. The number of carbonyl (C=O) groups excluding carboxylic acids is 2. The van der Waals surface area contributed by atoms with Gasteiger partial charge in [0.05, 0.1) is 0 Å². The first-order chi connectivity index (χ1) is 10.1. The molecule has 4 heteroatoms. The first-order valence-corrected chi connectivity index (χ1v) is 7.20. The summed E-state index contributed by atoms with van der Waals surface area (Å²) in [5.41, 5.74) is 2.94. The summed E-state index contributed by atoms with van der Waals surface area (Å²) < 4.78 is 0. The van der Waals surface area contributed by atoms with E-state index >= 15 is 0 Å². The lowest BCUT2D eigenvalue weighted by Crippen LogP contribution is -2.32. The summed E-state index contributed by atoms with van der Waals surface area (Å²) >= 11 is 6.08. The van der Waals surface area contributed by atoms with Gasteiger partial charge >= 0.3 is 0 Å². The molecular weight excluding hydrogens is 286 g/mol. The van der Waals surface area contributed by atoms with Crippen molar-refractivity contribution in [3.8, 4) is 0 Å². The van der Waals surface area contributed by atoms with Gasteiger partial charge in [-0.1, -0.05) is 41.9 Å². The van der Waals surface area contributed by atoms with Crippen molar-refractivity contribution in [2.75, 3.05) is 6.54 Å². The van der Waals surface area contributed by atoms with Crippen LogP contribution < -0.4 is 5.32 Å². The summed E-state index contributed by atoms with van der Waals surface area (Å²) in [6, 6.07) is 12.6. The van der Waals surface area contributed by atoms with E-state index in [1.807, 2.05) is 24.3 Å². The molecule has 2 aromatic carbocycles. The van der Waals surface area contributed by atoms with Crippen LogP contribution in [-0.4, -0.2) is 18.2 Å². The molecule has 106 valence electrons. The van der Waals surface area contributed by atoms with Gasteiger partial charge in [0.15, 0.2) is 5.78 Å². The smallest absolute Gasteiger partial charge is 0.251 e. The van der Waals surface area contributed by atoms with Crippen LogP contribution in [0.1, 0.15) is 31.8 Å². The molecule has 0 radical (unpaired) electrons. The monoisotopic (exact) mass is 299 g/mol. The Morgan fingerprint density at radius 1 is 1.19 bits per heavy atom. The van der Waals surface area contributed by atoms with Crippen LogP contribution in [0.15, 0.2) is 42.5 Å². The Labute approximate surface area is 127 Å². The van der Waals surface area contributed by atoms with Crippen LogP contribution in [0.5, 0.6) is 0 Å². The number of hydrogen-bond donors (Lipinski definition) is 1. The number of Topliss-reactive ketones (excluding diaryl/α,β-unsaturated/α-hetero) is 1. The lowest BCUT2D eigenvalue weighted by atomic mass is 9.95. The van der Waals surface area contributed by atoms with Crippen molar-refractivity contribution in [1.29, 1.82) is 0 Å². The van der Waals surface area contributed by atoms with E-state index in [1.165, 1.54) is 0 Å². The highest BCUT2D eigenvalue weighted by atomic mass is 35.5. The van der Waals surface area contributed by atoms with E-state index in [-0.39, 0.29) is 18.1 Å². The van der Waals surface area contributed by atoms with Crippen LogP contribution in [0.25, 0.3) is 0 Å². The van der Waals surface area contributed by atoms with Gasteiger partial charge in [0, 0.05) is 29.1 Å². The molecule has 0 atom stereocenters. The third kappa shape index (κ3) is 2.83. The van der Waals surface area contributed by atoms with Gasteiger partial charge in [0.25, 0.3) is 5.91 Å². The first-order valence-electron chi connectivity index (χ1n) is 6.83. The first kappa shape index (κ1) is 13.8. The van der Waals surface area contributed by atoms with E-state index in [9.17, 15) is 9.59 Å². The number of ketones is 1. The molecule has 1 aliphatic rings. The van der Waals surface area contributed by atoms with Crippen molar-refractivity contribution in [3.05, 3.63) is 69.7 Å². The summed E-state index contributed by atoms with van der Waals surface area (Å²) in [6.45, 7) is 0.652. The number of rotatable bonds is 3. The van der Waals surface area contributed by atoms with Crippen LogP contribution in [0, 0.1) is 0 Å². The zero-order valence-corrected chi connectivity index (χ0v) is 12.1. The number of benzene rings is 2. The molecule has 0 spiro atoms. The lowest BCUT2D eigenvalue weighted by Gasteiger charge is -2.17. The van der Waals surface area contributed by atoms with E-state index < -0.39 is 0 Å². The number of fused-ring (bicyclic) bond motifs is 1. The average Bonchev–Trinajstić information content (AvgIpc) is 2.50. The second kappa shape index (κ2) is 5.70. The number of carbonyl (C=O) groups is 2. The van der Waals surface area contributed by atoms with Gasteiger partial charge in [-0.25, -0.2) is 0 Å². The van der Waals surface area contributed by atoms with Gasteiger partial charge in [0.1, 0.15) is 0 Å². The maximum absolute atomic E-state index is 12.4. The van der Waals surface area contributed by atoms with Crippen LogP contribution in [0.3, 0.4) is 0 Å². The summed E-state index contributed by atoms with van der Waals surface area (Å²) in [6.07, 6.45) is 1.04. The van der Waals surface area contributed by atoms with Crippen molar-refractivity contribution >= 4 is 23.3 Å². The number of halogens is 1. The summed E-state index contributed by atoms with van der Waals surface area (Å²) in [4.78, 5) is 24.2. The molecule has 3 nitrogen and oxygen atoms in total. The molecule has 3 rings (SSSR count). The second-order valence-corrected chi connectivity index (χ2v) is 5.48. The van der Waals surface area contributed by atoms with Crippen molar-refractivity contribution in [2.45, 2.75) is 12.8 Å². The summed E-state index contributed by atoms with van der Waals surface area (Å²) in [5, 5.41) is 3.38. The van der Waals surface area contributed by atoms with E-state index in [4.69, 9.17) is 11.6 Å². The number of nitrogens with one attached hydrogen (secondary N) is 1. The number of amides is 1. The highest BCUT2D eigenvalue weighted by Gasteiger charge is 2.18. The maximum Gasteiger partial charge on any atom is 0.251 e. The molecule has 1 N–H and O–H groups in total. The van der Waals surface area contributed by atoms with Crippen LogP contribution >= 0.6 is 11.6 Å². The Bertz CT molecular complexity index is 724. The van der Waals surface area contributed by atoms with Gasteiger partial charge in [-0.3, -0.25) is 9.59 Å². The molecule has 2 aromatic rings. The maximum atomic E-state index is 12.4. The molecule has 0 fully saturated rings. The standard InChI is InChI=1S/C17H14ClNO2/c18-15-4-2-1-3-12(15)10-16(20)13-6-5-11-7-8-19-17(21)14(11)9-13/h1-6,9H,7-8,10H2,(H,19,21). The Balaban J connectivity index is 1.87. The van der Waals surface area contributed by atoms with Gasteiger partial charge < -0.3 is 5.32 Å². The third-order valence-corrected chi connectivity index (χ3v) is 4.03. The van der Waals surface area contributed by atoms with E-state index in [2.05, 4.69) is 5.32 Å². The SMILES string of the molecule is O=C(Cc1ccccc1Cl)c1ccc2c(c1)C(=O)NCC2. The minimum atomic E-state index is -0.108. The highest BCUT2D eigenvalue weighted by molar-refractivity contribution is 6.31. The Morgan fingerprint density at radius 2 is 2.00 bits per heavy atom. The highest BCUT2D eigenvalue weighted by Crippen LogP contribution is 2.20. The minimum Gasteiger partial charge on any atom is -0.352 e. The molecule has 0 saturated heterocycles. The van der Waals surface area contributed by atoms with Gasteiger partial charge in [0.2, 0.25) is 0 Å². The van der Waals surface area contributed by atoms with Crippen LogP contribution in [0.4, 0.5) is 0 Å². The predicted molar refractivity (Wildman–Crippen MR) is 82.0 cm³/mol. The van der Waals surface area contributed by atoms with Crippen molar-refractivity contribution in [2.24, 2.45) is 0 Å². The molecule has 0 aliphatic carbocycles. The molecule has 0 unspecified atom stereocenters. The molecule has 0 saturated carbocycles. The van der Waals surface area contributed by atoms with Crippen molar-refractivity contribution < 1.29 is 9.59 Å². The van der Waals surface area contributed by atoms with Crippen LogP contribution in [0.2, 0.25) is 5.02 Å². The van der Waals surface area contributed by atoms with E-state index in [0.717, 1.165) is 17.5 Å². The fraction of sp³-hybridized carbons (Fsp3) is 0.176. The zero-order chi connectivity index (χ0) is 14.8. The number of hydrogen-bond acceptors (Lipinski definition) is 2. The molecule has 1 amide bonds. The zero-order valence-electron chi connectivity index (χ0n) is 11.4. The predicted octanol–water partition coefficient (Wildman–Crippen LogP) is 3.05. The fourth-order valence-corrected chi connectivity index (χ4v) is 2.70. The van der Waals surface area contributed by atoms with Gasteiger partial charge in [-0.05, 0) is 29.7 Å². The summed E-state index contributed by atoms with van der Waals surface area (Å²) in [7, 11) is 0. The Kier molecular flexibility index (Phi) is 3.76. The van der Waals surface area contributed by atoms with Crippen LogP contribution in [-0.2, 0) is 12.8 Å². The Hall–Kier alpha value is -2.13. The molecular formula is C17H14ClNO2. The topological polar surface area (TPSA) is 46.2 Å². The second-order valence-electron chi connectivity index (χ2n) is 5.07. The quantitative estimate of drug-likeness (QED) is 0.886. The minimum absolute atomic E-state index is 0.0377. The van der Waals surface area contributed by atoms with Crippen molar-refractivity contribution in [3.63, 3.8) is 0 Å². The Morgan fingerprint density at radius 3 is 2.81 bits per heavy atom. The average molecular weight is 300 g/mol. The fourth-order valence-electron chi connectivity index (χ4n) is 2.50. The molecule has 0 aromatic heterocycles. The third-order valence-electron chi connectivity index (χ3n) is 3.67. The molecule has 1 heterocycles. The lowest BCUT2D eigenvalue weighted by molar-refractivity contribution is 0.0946. The molecule has 1 aliphatic heterocycles.